The highest BCUT2D eigenvalue weighted by atomic mass is 28.4. The van der Waals surface area contributed by atoms with E-state index < -0.39 is 8.32 Å². The zero-order valence-electron chi connectivity index (χ0n) is 31.2. The van der Waals surface area contributed by atoms with Gasteiger partial charge in [0, 0.05) is 30.4 Å². The number of ketones is 1. The van der Waals surface area contributed by atoms with Crippen LogP contribution in [-0.2, 0) is 11.0 Å². The van der Waals surface area contributed by atoms with Gasteiger partial charge in [0.05, 0.1) is 11.7 Å². The summed E-state index contributed by atoms with van der Waals surface area (Å²) < 4.78 is 8.36. The van der Waals surface area contributed by atoms with Gasteiger partial charge in [-0.1, -0.05) is 63.9 Å². The van der Waals surface area contributed by atoms with Gasteiger partial charge in [0.15, 0.2) is 14.1 Å². The maximum Gasteiger partial charge on any atom is 0.263 e. The number of anilines is 2. The molecule has 2 aliphatic rings. The molecule has 4 aromatic rings. The molecule has 9 nitrogen and oxygen atoms in total. The summed E-state index contributed by atoms with van der Waals surface area (Å²) in [4.78, 5) is 42.6. The topological polar surface area (TPSA) is 102 Å². The van der Waals surface area contributed by atoms with Gasteiger partial charge in [0.1, 0.15) is 11.5 Å². The Morgan fingerprint density at radius 3 is 2.28 bits per heavy atom. The predicted molar refractivity (Wildman–Crippen MR) is 204 cm³/mol. The van der Waals surface area contributed by atoms with Crippen LogP contribution in [0, 0.1) is 6.92 Å². The molecule has 1 saturated heterocycles. The average molecular weight is 695 g/mol. The SMILES string of the molecule is CC(=O)c1c(C)c2cnc(Nc3ccc(C4CCN(Cc5ccc([C@H](C)O[Si](C)(C)C(C)(C)C)cc5)CC4)cn3)nc2n(C2CCCC2)c1=O. The number of carbonyl (C=O) groups is 1. The van der Waals surface area contributed by atoms with Gasteiger partial charge in [0.2, 0.25) is 5.95 Å². The van der Waals surface area contributed by atoms with Crippen molar-refractivity contribution in [3.05, 3.63) is 87.0 Å². The number of aromatic nitrogens is 4. The molecule has 10 heteroatoms. The first kappa shape index (κ1) is 36.1. The van der Waals surface area contributed by atoms with Gasteiger partial charge in [-0.05, 0) is 112 Å². The minimum Gasteiger partial charge on any atom is -0.410 e. The fourth-order valence-electron chi connectivity index (χ4n) is 7.41. The maximum atomic E-state index is 13.5. The van der Waals surface area contributed by atoms with Crippen LogP contribution < -0.4 is 10.9 Å². The number of hydrogen-bond acceptors (Lipinski definition) is 8. The van der Waals surface area contributed by atoms with E-state index in [-0.39, 0.29) is 34.1 Å². The van der Waals surface area contributed by atoms with Gasteiger partial charge in [0.25, 0.3) is 5.56 Å². The quantitative estimate of drug-likeness (QED) is 0.130. The number of hydrogen-bond donors (Lipinski definition) is 1. The lowest BCUT2D eigenvalue weighted by molar-refractivity contribution is 0.101. The molecule has 3 aromatic heterocycles. The van der Waals surface area contributed by atoms with Crippen molar-refractivity contribution in [2.75, 3.05) is 18.4 Å². The van der Waals surface area contributed by atoms with Gasteiger partial charge in [-0.15, -0.1) is 0 Å². The van der Waals surface area contributed by atoms with Crippen molar-refractivity contribution in [1.29, 1.82) is 0 Å². The molecular formula is C40H54N6O3Si. The molecule has 2 fully saturated rings. The molecule has 1 saturated carbocycles. The number of piperidine rings is 1. The van der Waals surface area contributed by atoms with Crippen LogP contribution in [0.2, 0.25) is 18.1 Å². The molecular weight excluding hydrogens is 641 g/mol. The van der Waals surface area contributed by atoms with Crippen LogP contribution in [0.3, 0.4) is 0 Å². The molecule has 4 heterocycles. The van der Waals surface area contributed by atoms with Gasteiger partial charge in [-0.3, -0.25) is 19.1 Å². The second kappa shape index (κ2) is 14.5. The molecule has 0 radical (unpaired) electrons. The van der Waals surface area contributed by atoms with Crippen molar-refractivity contribution in [3.63, 3.8) is 0 Å². The highest BCUT2D eigenvalue weighted by molar-refractivity contribution is 6.74. The molecule has 1 aliphatic carbocycles. The molecule has 1 aromatic carbocycles. The van der Waals surface area contributed by atoms with Gasteiger partial charge >= 0.3 is 0 Å². The number of rotatable bonds is 10. The molecule has 1 N–H and O–H groups in total. The smallest absolute Gasteiger partial charge is 0.263 e. The minimum atomic E-state index is -1.82. The van der Waals surface area contributed by atoms with E-state index in [1.165, 1.54) is 23.6 Å². The van der Waals surface area contributed by atoms with Crippen molar-refractivity contribution in [1.82, 2.24) is 24.4 Å². The Morgan fingerprint density at radius 1 is 1.00 bits per heavy atom. The highest BCUT2D eigenvalue weighted by Gasteiger charge is 2.38. The molecule has 0 bridgehead atoms. The summed E-state index contributed by atoms with van der Waals surface area (Å²) >= 11 is 0. The van der Waals surface area contributed by atoms with Crippen LogP contribution in [0.15, 0.2) is 53.6 Å². The Bertz CT molecular complexity index is 1880. The molecule has 50 heavy (non-hydrogen) atoms. The monoisotopic (exact) mass is 694 g/mol. The normalized spacial score (nSPS) is 17.4. The Morgan fingerprint density at radius 2 is 1.68 bits per heavy atom. The van der Waals surface area contributed by atoms with E-state index in [9.17, 15) is 9.59 Å². The van der Waals surface area contributed by atoms with Crippen molar-refractivity contribution < 1.29 is 9.22 Å². The first-order chi connectivity index (χ1) is 23.7. The zero-order chi connectivity index (χ0) is 35.8. The summed E-state index contributed by atoms with van der Waals surface area (Å²) in [5.41, 5.74) is 5.05. The summed E-state index contributed by atoms with van der Waals surface area (Å²) in [6, 6.07) is 13.2. The van der Waals surface area contributed by atoms with Gasteiger partial charge in [-0.25, -0.2) is 9.97 Å². The first-order valence-corrected chi connectivity index (χ1v) is 21.3. The molecule has 266 valence electrons. The fraction of sp³-hybridized carbons (Fsp3) is 0.525. The van der Waals surface area contributed by atoms with Crippen LogP contribution in [0.1, 0.15) is 124 Å². The number of Topliss-reactive ketones (excluding diaryl/α,β-unsaturated/α-hetero) is 1. The third-order valence-electron chi connectivity index (χ3n) is 11.5. The van der Waals surface area contributed by atoms with Crippen molar-refractivity contribution >= 4 is 36.9 Å². The van der Waals surface area contributed by atoms with Crippen LogP contribution in [0.25, 0.3) is 11.0 Å². The predicted octanol–water partition coefficient (Wildman–Crippen LogP) is 9.02. The van der Waals surface area contributed by atoms with Crippen LogP contribution >= 0.6 is 0 Å². The van der Waals surface area contributed by atoms with Crippen molar-refractivity contribution in [2.45, 2.75) is 123 Å². The lowest BCUT2D eigenvalue weighted by Gasteiger charge is -2.38. The van der Waals surface area contributed by atoms with Crippen molar-refractivity contribution in [2.24, 2.45) is 0 Å². The minimum absolute atomic E-state index is 0.0390. The first-order valence-electron chi connectivity index (χ1n) is 18.4. The second-order valence-corrected chi connectivity index (χ2v) is 20.8. The summed E-state index contributed by atoms with van der Waals surface area (Å²) in [5.74, 6) is 1.30. The number of nitrogens with zero attached hydrogens (tertiary/aromatic N) is 5. The molecule has 0 unspecified atom stereocenters. The Balaban J connectivity index is 1.07. The highest BCUT2D eigenvalue weighted by Crippen LogP contribution is 2.40. The number of nitrogens with one attached hydrogen (secondary N) is 1. The maximum absolute atomic E-state index is 13.5. The van der Waals surface area contributed by atoms with E-state index in [0.29, 0.717) is 28.9 Å². The lowest BCUT2D eigenvalue weighted by atomic mass is 9.90. The third kappa shape index (κ3) is 7.62. The van der Waals surface area contributed by atoms with E-state index >= 15 is 0 Å². The number of likely N-dealkylation sites (tertiary alicyclic amines) is 1. The van der Waals surface area contributed by atoms with E-state index in [4.69, 9.17) is 14.4 Å². The van der Waals surface area contributed by atoms with Crippen LogP contribution in [0.4, 0.5) is 11.8 Å². The van der Waals surface area contributed by atoms with E-state index in [1.807, 2.05) is 19.2 Å². The summed E-state index contributed by atoms with van der Waals surface area (Å²) in [7, 11) is -1.82. The number of pyridine rings is 2. The molecule has 0 amide bonds. The summed E-state index contributed by atoms with van der Waals surface area (Å²) in [6.07, 6.45) is 9.92. The Kier molecular flexibility index (Phi) is 10.4. The number of fused-ring (bicyclic) bond motifs is 1. The lowest BCUT2D eigenvalue weighted by Crippen LogP contribution is -2.41. The zero-order valence-corrected chi connectivity index (χ0v) is 32.2. The Labute approximate surface area is 298 Å². The summed E-state index contributed by atoms with van der Waals surface area (Å²) in [6.45, 7) is 20.0. The molecule has 0 spiro atoms. The van der Waals surface area contributed by atoms with Gasteiger partial charge in [-0.2, -0.15) is 4.98 Å². The standard InChI is InChI=1S/C40H54N6O3Si/c1-26-34-24-42-39(44-37(34)46(33-11-9-10-12-33)38(48)36(26)27(2)47)43-35-18-17-32(23-41-35)31-19-21-45(22-20-31)25-29-13-15-30(16-14-29)28(3)49-50(7,8)40(4,5)6/h13-18,23-24,28,31,33H,9-12,19-22,25H2,1-8H3,(H,41,42,43,44)/t28-/m0/s1. The second-order valence-electron chi connectivity index (χ2n) is 16.0. The van der Waals surface area contributed by atoms with Crippen molar-refractivity contribution in [3.8, 4) is 0 Å². The molecule has 1 atom stereocenters. The molecule has 1 aliphatic heterocycles. The van der Waals surface area contributed by atoms with E-state index in [2.05, 4.69) is 86.3 Å². The Hall–Kier alpha value is -3.73. The molecule has 6 rings (SSSR count). The largest absolute Gasteiger partial charge is 0.410 e. The third-order valence-corrected chi connectivity index (χ3v) is 16.0. The summed E-state index contributed by atoms with van der Waals surface area (Å²) in [5, 5.41) is 4.19. The van der Waals surface area contributed by atoms with E-state index in [0.717, 1.165) is 63.5 Å². The van der Waals surface area contributed by atoms with E-state index in [1.54, 1.807) is 10.8 Å². The number of benzene rings is 1. The average Bonchev–Trinajstić information content (AvgIpc) is 3.59. The van der Waals surface area contributed by atoms with Gasteiger partial charge < -0.3 is 9.74 Å². The number of aryl methyl sites for hydroxylation is 1. The van der Waals surface area contributed by atoms with Crippen LogP contribution in [-0.4, -0.2) is 51.6 Å². The fourth-order valence-corrected chi connectivity index (χ4v) is 8.78. The van der Waals surface area contributed by atoms with Crippen LogP contribution in [0.5, 0.6) is 0 Å². The number of carbonyl (C=O) groups excluding carboxylic acids is 1.